The first-order valence-electron chi connectivity index (χ1n) is 9.32. The summed E-state index contributed by atoms with van der Waals surface area (Å²) in [6, 6.07) is 2.34. The number of Topliss-reactive ketones (excluding diaryl/α,β-unsaturated/α-hetero) is 1. The summed E-state index contributed by atoms with van der Waals surface area (Å²) in [5.41, 5.74) is -0.235. The first kappa shape index (κ1) is 21.4. The predicted molar refractivity (Wildman–Crippen MR) is 99.4 cm³/mol. The number of fused-ring (bicyclic) bond motifs is 1. The molecule has 2 aromatic rings. The number of rotatable bonds is 7. The van der Waals surface area contributed by atoms with Gasteiger partial charge in [0, 0.05) is 25.8 Å². The van der Waals surface area contributed by atoms with E-state index in [9.17, 15) is 18.0 Å². The minimum Gasteiger partial charge on any atom is -0.312 e. The molecule has 0 atom stereocenters. The molecular weight excluding hydrogens is 355 g/mol. The molecule has 0 aliphatic rings. The maximum atomic E-state index is 13.0. The fourth-order valence-corrected chi connectivity index (χ4v) is 3.08. The van der Waals surface area contributed by atoms with Gasteiger partial charge in [0.25, 0.3) is 0 Å². The van der Waals surface area contributed by atoms with Gasteiger partial charge in [-0.05, 0) is 29.9 Å². The Morgan fingerprint density at radius 3 is 2.37 bits per heavy atom. The largest absolute Gasteiger partial charge is 0.433 e. The molecule has 0 radical (unpaired) electrons. The van der Waals surface area contributed by atoms with Crippen molar-refractivity contribution in [2.75, 3.05) is 0 Å². The van der Waals surface area contributed by atoms with Gasteiger partial charge in [-0.3, -0.25) is 4.79 Å². The topological polar surface area (TPSA) is 47.8 Å². The highest BCUT2D eigenvalue weighted by Gasteiger charge is 2.33. The second-order valence-electron chi connectivity index (χ2n) is 8.70. The lowest BCUT2D eigenvalue weighted by atomic mass is 9.88. The Hall–Kier alpha value is -1.92. The number of hydrogen-bond donors (Lipinski definition) is 0. The van der Waals surface area contributed by atoms with E-state index in [1.165, 1.54) is 6.07 Å². The van der Waals surface area contributed by atoms with Crippen molar-refractivity contribution in [3.8, 4) is 0 Å². The van der Waals surface area contributed by atoms with E-state index in [4.69, 9.17) is 0 Å². The monoisotopic (exact) mass is 383 g/mol. The summed E-state index contributed by atoms with van der Waals surface area (Å²) in [6.07, 6.45) is -2.35. The summed E-state index contributed by atoms with van der Waals surface area (Å²) in [6.45, 7) is 10.6. The lowest BCUT2D eigenvalue weighted by Gasteiger charge is -2.16. The van der Waals surface area contributed by atoms with E-state index >= 15 is 0 Å². The third-order valence-corrected chi connectivity index (χ3v) is 4.09. The Morgan fingerprint density at radius 1 is 1.15 bits per heavy atom. The number of aromatic nitrogens is 3. The number of ketones is 1. The second-order valence-corrected chi connectivity index (χ2v) is 8.70. The lowest BCUT2D eigenvalue weighted by molar-refractivity contribution is -0.141. The molecule has 4 nitrogen and oxygen atoms in total. The van der Waals surface area contributed by atoms with Crippen molar-refractivity contribution in [3.63, 3.8) is 0 Å². The number of nitrogens with zero attached hydrogens (tertiary/aromatic N) is 3. The smallest absolute Gasteiger partial charge is 0.312 e. The van der Waals surface area contributed by atoms with E-state index in [0.29, 0.717) is 43.6 Å². The first-order valence-corrected chi connectivity index (χ1v) is 9.32. The minimum atomic E-state index is -4.49. The molecule has 0 spiro atoms. The molecule has 2 aromatic heterocycles. The van der Waals surface area contributed by atoms with E-state index in [1.54, 1.807) is 4.57 Å². The summed E-state index contributed by atoms with van der Waals surface area (Å²) in [4.78, 5) is 20.4. The Morgan fingerprint density at radius 2 is 1.81 bits per heavy atom. The molecule has 0 aliphatic carbocycles. The molecule has 0 saturated heterocycles. The molecule has 0 aliphatic heterocycles. The quantitative estimate of drug-likeness (QED) is 0.640. The molecule has 0 N–H and O–H groups in total. The fourth-order valence-electron chi connectivity index (χ4n) is 3.08. The van der Waals surface area contributed by atoms with Crippen LogP contribution in [0.15, 0.2) is 12.1 Å². The van der Waals surface area contributed by atoms with Gasteiger partial charge in [0.2, 0.25) is 0 Å². The molecule has 0 saturated carbocycles. The normalized spacial score (nSPS) is 12.9. The molecular formula is C20H28F3N3O. The summed E-state index contributed by atoms with van der Waals surface area (Å²) >= 11 is 0. The summed E-state index contributed by atoms with van der Waals surface area (Å²) < 4.78 is 40.8. The molecule has 0 aromatic carbocycles. The standard InChI is InChI=1S/C20H28F3N3O/c1-13(2)12-26-17(8-6-7-14(27)11-19(3,4)5)24-15-9-10-16(20(21,22)23)25-18(15)26/h9-10,13H,6-8,11-12H2,1-5H3. The van der Waals surface area contributed by atoms with E-state index in [0.717, 1.165) is 6.07 Å². The van der Waals surface area contributed by atoms with Crippen LogP contribution >= 0.6 is 0 Å². The molecule has 2 rings (SSSR count). The number of carbonyl (C=O) groups excluding carboxylic acids is 1. The van der Waals surface area contributed by atoms with Crippen molar-refractivity contribution in [3.05, 3.63) is 23.7 Å². The van der Waals surface area contributed by atoms with Gasteiger partial charge < -0.3 is 4.57 Å². The number of alkyl halides is 3. The molecule has 0 amide bonds. The predicted octanol–water partition coefficient (Wildman–Crippen LogP) is 5.43. The number of imidazole rings is 1. The van der Waals surface area contributed by atoms with Crippen LogP contribution in [0.1, 0.15) is 65.4 Å². The van der Waals surface area contributed by atoms with Crippen molar-refractivity contribution < 1.29 is 18.0 Å². The Kier molecular flexibility index (Phi) is 6.32. The molecule has 150 valence electrons. The average molecular weight is 383 g/mol. The number of pyridine rings is 1. The third kappa shape index (κ3) is 6.04. The van der Waals surface area contributed by atoms with E-state index in [1.807, 2.05) is 34.6 Å². The van der Waals surface area contributed by atoms with E-state index in [-0.39, 0.29) is 22.8 Å². The average Bonchev–Trinajstić information content (AvgIpc) is 2.81. The molecule has 0 unspecified atom stereocenters. The zero-order valence-corrected chi connectivity index (χ0v) is 16.7. The second kappa shape index (κ2) is 7.98. The molecule has 0 fully saturated rings. The maximum absolute atomic E-state index is 13.0. The van der Waals surface area contributed by atoms with Gasteiger partial charge in [-0.2, -0.15) is 13.2 Å². The Bertz CT molecular complexity index is 801. The summed E-state index contributed by atoms with van der Waals surface area (Å²) in [5.74, 6) is 1.13. The molecule has 27 heavy (non-hydrogen) atoms. The summed E-state index contributed by atoms with van der Waals surface area (Å²) in [7, 11) is 0. The molecule has 2 heterocycles. The SMILES string of the molecule is CC(C)Cn1c(CCCC(=O)CC(C)(C)C)nc2ccc(C(F)(F)F)nc21. The van der Waals surface area contributed by atoms with Crippen LogP contribution in [-0.2, 0) is 23.9 Å². The number of carbonyl (C=O) groups is 1. The minimum absolute atomic E-state index is 0.0419. The van der Waals surface area contributed by atoms with Gasteiger partial charge in [0.15, 0.2) is 5.65 Å². The Labute approximate surface area is 158 Å². The van der Waals surface area contributed by atoms with E-state index in [2.05, 4.69) is 9.97 Å². The van der Waals surface area contributed by atoms with Crippen molar-refractivity contribution in [1.29, 1.82) is 0 Å². The van der Waals surface area contributed by atoms with Crippen LogP contribution < -0.4 is 0 Å². The highest BCUT2D eigenvalue weighted by Crippen LogP contribution is 2.29. The van der Waals surface area contributed by atoms with Crippen molar-refractivity contribution in [2.45, 2.75) is 73.0 Å². The maximum Gasteiger partial charge on any atom is 0.433 e. The highest BCUT2D eigenvalue weighted by atomic mass is 19.4. The van der Waals surface area contributed by atoms with Crippen LogP contribution in [0.25, 0.3) is 11.2 Å². The van der Waals surface area contributed by atoms with Crippen molar-refractivity contribution >= 4 is 16.9 Å². The van der Waals surface area contributed by atoms with Gasteiger partial charge in [-0.15, -0.1) is 0 Å². The van der Waals surface area contributed by atoms with Crippen LogP contribution in [0.4, 0.5) is 13.2 Å². The summed E-state index contributed by atoms with van der Waals surface area (Å²) in [5, 5.41) is 0. The van der Waals surface area contributed by atoms with Gasteiger partial charge in [0.05, 0.1) is 0 Å². The van der Waals surface area contributed by atoms with Crippen LogP contribution in [0.2, 0.25) is 0 Å². The molecule has 0 bridgehead atoms. The lowest BCUT2D eigenvalue weighted by Crippen LogP contribution is -2.14. The van der Waals surface area contributed by atoms with Crippen molar-refractivity contribution in [1.82, 2.24) is 14.5 Å². The fraction of sp³-hybridized carbons (Fsp3) is 0.650. The first-order chi connectivity index (χ1) is 12.4. The molecule has 7 heteroatoms. The van der Waals surface area contributed by atoms with Crippen LogP contribution in [0.5, 0.6) is 0 Å². The highest BCUT2D eigenvalue weighted by molar-refractivity contribution is 5.79. The van der Waals surface area contributed by atoms with E-state index < -0.39 is 11.9 Å². The number of aryl methyl sites for hydroxylation is 1. The third-order valence-electron chi connectivity index (χ3n) is 4.09. The van der Waals surface area contributed by atoms with Gasteiger partial charge >= 0.3 is 6.18 Å². The van der Waals surface area contributed by atoms with Crippen LogP contribution in [0.3, 0.4) is 0 Å². The van der Waals surface area contributed by atoms with Crippen molar-refractivity contribution in [2.24, 2.45) is 11.3 Å². The van der Waals surface area contributed by atoms with Gasteiger partial charge in [-0.25, -0.2) is 9.97 Å². The Balaban J connectivity index is 2.23. The van der Waals surface area contributed by atoms with Gasteiger partial charge in [-0.1, -0.05) is 34.6 Å². The number of hydrogen-bond acceptors (Lipinski definition) is 3. The zero-order valence-electron chi connectivity index (χ0n) is 16.7. The van der Waals surface area contributed by atoms with Gasteiger partial charge in [0.1, 0.15) is 22.8 Å². The van der Waals surface area contributed by atoms with Crippen LogP contribution in [0, 0.1) is 11.3 Å². The van der Waals surface area contributed by atoms with Crippen LogP contribution in [-0.4, -0.2) is 20.3 Å². The zero-order chi connectivity index (χ0) is 20.4. The number of halogens is 3.